The molecule has 0 N–H and O–H groups in total. The quantitative estimate of drug-likeness (QED) is 0.522. The van der Waals surface area contributed by atoms with Gasteiger partial charge in [0, 0.05) is 38.3 Å². The normalized spacial score (nSPS) is 16.9. The molecule has 0 unspecified atom stereocenters. The van der Waals surface area contributed by atoms with Gasteiger partial charge in [-0.05, 0) is 36.7 Å². The molecular formula is C19H20F3N3O4S. The number of halogens is 3. The Kier molecular flexibility index (Phi) is 6.44. The molecule has 1 heterocycles. The predicted octanol–water partition coefficient (Wildman–Crippen LogP) is 3.51. The standard InChI is InChI=1S/C19H20F3N3O4S/c20-19(21,22)16-7-5-15(6-8-16)14-23-9-2-10-24(12-11-23)30(28,29)18-4-1-3-17(13-18)25(26)27/h1,3-8,13H,2,9-12,14H2. The monoisotopic (exact) mass is 443 g/mol. The van der Waals surface area contributed by atoms with Crippen molar-refractivity contribution in [3.63, 3.8) is 0 Å². The maximum atomic E-state index is 12.9. The predicted molar refractivity (Wildman–Crippen MR) is 103 cm³/mol. The second kappa shape index (κ2) is 8.70. The summed E-state index contributed by atoms with van der Waals surface area (Å²) in [5.74, 6) is 0. The fourth-order valence-electron chi connectivity index (χ4n) is 3.31. The van der Waals surface area contributed by atoms with Gasteiger partial charge in [-0.15, -0.1) is 0 Å². The van der Waals surface area contributed by atoms with E-state index in [9.17, 15) is 31.7 Å². The Hall–Kier alpha value is -2.50. The van der Waals surface area contributed by atoms with Crippen molar-refractivity contribution in [2.24, 2.45) is 0 Å². The number of benzene rings is 2. The Bertz CT molecular complexity index is 1010. The van der Waals surface area contributed by atoms with E-state index in [1.807, 2.05) is 4.90 Å². The van der Waals surface area contributed by atoms with Crippen LogP contribution in [-0.4, -0.2) is 48.7 Å². The van der Waals surface area contributed by atoms with E-state index in [-0.39, 0.29) is 23.7 Å². The molecule has 0 bridgehead atoms. The third-order valence-corrected chi connectivity index (χ3v) is 6.80. The van der Waals surface area contributed by atoms with Crippen molar-refractivity contribution >= 4 is 15.7 Å². The molecule has 0 radical (unpaired) electrons. The zero-order valence-corrected chi connectivity index (χ0v) is 16.7. The lowest BCUT2D eigenvalue weighted by Gasteiger charge is -2.22. The number of nitro benzene ring substituents is 1. The average Bonchev–Trinajstić information content (AvgIpc) is 2.94. The van der Waals surface area contributed by atoms with Gasteiger partial charge in [0.15, 0.2) is 0 Å². The molecule has 1 aliphatic heterocycles. The SMILES string of the molecule is O=[N+]([O-])c1cccc(S(=O)(=O)N2CCCN(Cc3ccc(C(F)(F)F)cc3)CC2)c1. The third kappa shape index (κ3) is 5.15. The molecule has 1 aliphatic rings. The van der Waals surface area contributed by atoms with Crippen molar-refractivity contribution in [3.05, 3.63) is 69.8 Å². The number of non-ortho nitro benzene ring substituents is 1. The number of nitro groups is 1. The van der Waals surface area contributed by atoms with E-state index < -0.39 is 26.7 Å². The summed E-state index contributed by atoms with van der Waals surface area (Å²) in [6, 6.07) is 9.84. The van der Waals surface area contributed by atoms with Crippen LogP contribution in [0.4, 0.5) is 18.9 Å². The molecule has 1 fully saturated rings. The fraction of sp³-hybridized carbons (Fsp3) is 0.368. The summed E-state index contributed by atoms with van der Waals surface area (Å²) in [5, 5.41) is 10.9. The van der Waals surface area contributed by atoms with E-state index in [0.29, 0.717) is 31.6 Å². The van der Waals surface area contributed by atoms with Crippen LogP contribution in [0.25, 0.3) is 0 Å². The van der Waals surface area contributed by atoms with Gasteiger partial charge in [-0.1, -0.05) is 18.2 Å². The van der Waals surface area contributed by atoms with Gasteiger partial charge in [0.25, 0.3) is 5.69 Å². The number of sulfonamides is 1. The summed E-state index contributed by atoms with van der Waals surface area (Å²) in [5.41, 5.74) is -0.302. The van der Waals surface area contributed by atoms with Crippen LogP contribution in [0.15, 0.2) is 53.4 Å². The molecule has 0 saturated carbocycles. The summed E-state index contributed by atoms with van der Waals surface area (Å²) in [7, 11) is -3.88. The van der Waals surface area contributed by atoms with Gasteiger partial charge in [0.05, 0.1) is 15.4 Å². The summed E-state index contributed by atoms with van der Waals surface area (Å²) in [6.45, 7) is 1.83. The topological polar surface area (TPSA) is 83.8 Å². The molecular weight excluding hydrogens is 423 g/mol. The second-order valence-corrected chi connectivity index (χ2v) is 8.92. The smallest absolute Gasteiger partial charge is 0.298 e. The molecule has 2 aromatic carbocycles. The zero-order valence-electron chi connectivity index (χ0n) is 15.9. The largest absolute Gasteiger partial charge is 0.416 e. The first-order valence-electron chi connectivity index (χ1n) is 9.20. The van der Waals surface area contributed by atoms with Gasteiger partial charge < -0.3 is 0 Å². The summed E-state index contributed by atoms with van der Waals surface area (Å²) >= 11 is 0. The molecule has 30 heavy (non-hydrogen) atoms. The number of hydrogen-bond donors (Lipinski definition) is 0. The van der Waals surface area contributed by atoms with Gasteiger partial charge in [0.1, 0.15) is 0 Å². The molecule has 2 aromatic rings. The highest BCUT2D eigenvalue weighted by atomic mass is 32.2. The first-order valence-corrected chi connectivity index (χ1v) is 10.6. The van der Waals surface area contributed by atoms with Crippen LogP contribution >= 0.6 is 0 Å². The molecule has 3 rings (SSSR count). The van der Waals surface area contributed by atoms with Crippen LogP contribution in [0.2, 0.25) is 0 Å². The molecule has 0 amide bonds. The van der Waals surface area contributed by atoms with E-state index in [4.69, 9.17) is 0 Å². The lowest BCUT2D eigenvalue weighted by atomic mass is 10.1. The second-order valence-electron chi connectivity index (χ2n) is 6.98. The van der Waals surface area contributed by atoms with Gasteiger partial charge in [0.2, 0.25) is 10.0 Å². The number of alkyl halides is 3. The van der Waals surface area contributed by atoms with Crippen molar-refractivity contribution < 1.29 is 26.5 Å². The minimum absolute atomic E-state index is 0.132. The third-order valence-electron chi connectivity index (χ3n) is 4.90. The van der Waals surface area contributed by atoms with Gasteiger partial charge in [-0.3, -0.25) is 15.0 Å². The van der Waals surface area contributed by atoms with Crippen LogP contribution in [0.1, 0.15) is 17.5 Å². The highest BCUT2D eigenvalue weighted by molar-refractivity contribution is 7.89. The van der Waals surface area contributed by atoms with Crippen molar-refractivity contribution in [2.75, 3.05) is 26.2 Å². The minimum atomic E-state index is -4.39. The van der Waals surface area contributed by atoms with E-state index >= 15 is 0 Å². The summed E-state index contributed by atoms with van der Waals surface area (Å²) in [4.78, 5) is 12.1. The van der Waals surface area contributed by atoms with Crippen LogP contribution in [-0.2, 0) is 22.7 Å². The zero-order chi connectivity index (χ0) is 21.9. The van der Waals surface area contributed by atoms with Crippen LogP contribution in [0, 0.1) is 10.1 Å². The molecule has 0 spiro atoms. The number of rotatable bonds is 5. The Labute approximate surface area is 171 Å². The van der Waals surface area contributed by atoms with Crippen molar-refractivity contribution in [1.29, 1.82) is 0 Å². The van der Waals surface area contributed by atoms with Crippen LogP contribution in [0.3, 0.4) is 0 Å². The molecule has 0 aliphatic carbocycles. The molecule has 7 nitrogen and oxygen atoms in total. The van der Waals surface area contributed by atoms with Gasteiger partial charge >= 0.3 is 6.18 Å². The van der Waals surface area contributed by atoms with Gasteiger partial charge in [-0.2, -0.15) is 17.5 Å². The van der Waals surface area contributed by atoms with E-state index in [0.717, 1.165) is 18.2 Å². The Balaban J connectivity index is 1.67. The van der Waals surface area contributed by atoms with Crippen molar-refractivity contribution in [1.82, 2.24) is 9.21 Å². The minimum Gasteiger partial charge on any atom is -0.298 e. The van der Waals surface area contributed by atoms with Crippen molar-refractivity contribution in [3.8, 4) is 0 Å². The highest BCUT2D eigenvalue weighted by Crippen LogP contribution is 2.29. The average molecular weight is 443 g/mol. The van der Waals surface area contributed by atoms with E-state index in [1.54, 1.807) is 0 Å². The van der Waals surface area contributed by atoms with Crippen LogP contribution < -0.4 is 0 Å². The lowest BCUT2D eigenvalue weighted by molar-refractivity contribution is -0.385. The Morgan fingerprint density at radius 1 is 1.00 bits per heavy atom. The van der Waals surface area contributed by atoms with Gasteiger partial charge in [-0.25, -0.2) is 8.42 Å². The number of nitrogens with zero attached hydrogens (tertiary/aromatic N) is 3. The highest BCUT2D eigenvalue weighted by Gasteiger charge is 2.30. The first kappa shape index (κ1) is 22.2. The van der Waals surface area contributed by atoms with E-state index in [2.05, 4.69) is 0 Å². The Morgan fingerprint density at radius 2 is 1.70 bits per heavy atom. The molecule has 1 saturated heterocycles. The van der Waals surface area contributed by atoms with E-state index in [1.165, 1.54) is 34.6 Å². The summed E-state index contributed by atoms with van der Waals surface area (Å²) in [6.07, 6.45) is -3.85. The van der Waals surface area contributed by atoms with Crippen molar-refractivity contribution in [2.45, 2.75) is 24.0 Å². The maximum Gasteiger partial charge on any atom is 0.416 e. The molecule has 162 valence electrons. The maximum absolute atomic E-state index is 12.9. The fourth-order valence-corrected chi connectivity index (χ4v) is 4.82. The molecule has 0 aromatic heterocycles. The summed E-state index contributed by atoms with van der Waals surface area (Å²) < 4.78 is 65.1. The lowest BCUT2D eigenvalue weighted by Crippen LogP contribution is -2.35. The number of hydrogen-bond acceptors (Lipinski definition) is 5. The first-order chi connectivity index (χ1) is 14.1. The molecule has 11 heteroatoms. The molecule has 0 atom stereocenters. The van der Waals surface area contributed by atoms with Crippen LogP contribution in [0.5, 0.6) is 0 Å². The Morgan fingerprint density at radius 3 is 2.33 bits per heavy atom.